The zero-order valence-corrected chi connectivity index (χ0v) is 12.2. The Hall–Kier alpha value is -0.770. The summed E-state index contributed by atoms with van der Waals surface area (Å²) < 4.78 is 2.27. The summed E-state index contributed by atoms with van der Waals surface area (Å²) in [5.41, 5.74) is 7.65. The molecule has 102 valence electrons. The molecule has 2 aromatic rings. The molecule has 19 heavy (non-hydrogen) atoms. The lowest BCUT2D eigenvalue weighted by molar-refractivity contribution is 0.387. The highest BCUT2D eigenvalue weighted by Gasteiger charge is 2.25. The Kier molecular flexibility index (Phi) is 3.70. The van der Waals surface area contributed by atoms with Gasteiger partial charge in [-0.15, -0.1) is 0 Å². The van der Waals surface area contributed by atoms with Crippen LogP contribution in [0.4, 0.5) is 0 Å². The molecule has 3 nitrogen and oxygen atoms in total. The predicted octanol–water partition coefficient (Wildman–Crippen LogP) is 3.96. The minimum atomic E-state index is 0.567. The van der Waals surface area contributed by atoms with E-state index in [1.165, 1.54) is 25.1 Å². The highest BCUT2D eigenvalue weighted by molar-refractivity contribution is 6.42. The van der Waals surface area contributed by atoms with Crippen LogP contribution in [0.15, 0.2) is 12.1 Å². The van der Waals surface area contributed by atoms with Crippen LogP contribution in [-0.2, 0) is 6.54 Å². The van der Waals surface area contributed by atoms with Crippen LogP contribution < -0.4 is 5.73 Å². The largest absolute Gasteiger partial charge is 0.330 e. The van der Waals surface area contributed by atoms with Gasteiger partial charge in [-0.25, -0.2) is 4.98 Å². The van der Waals surface area contributed by atoms with Crippen molar-refractivity contribution in [3.8, 4) is 0 Å². The normalized spacial score (nSPS) is 15.9. The van der Waals surface area contributed by atoms with Gasteiger partial charge in [-0.1, -0.05) is 29.6 Å². The number of rotatable bonds is 4. The number of halogens is 2. The molecule has 3 rings (SSSR count). The van der Waals surface area contributed by atoms with E-state index in [1.54, 1.807) is 0 Å². The van der Waals surface area contributed by atoms with E-state index in [9.17, 15) is 0 Å². The first-order valence-corrected chi connectivity index (χ1v) is 7.51. The van der Waals surface area contributed by atoms with E-state index in [0.717, 1.165) is 24.0 Å². The lowest BCUT2D eigenvalue weighted by Gasteiger charge is -2.25. The minimum absolute atomic E-state index is 0.567. The smallest absolute Gasteiger partial charge is 0.112 e. The van der Waals surface area contributed by atoms with Gasteiger partial charge in [-0.2, -0.15) is 0 Å². The molecular weight excluding hydrogens is 281 g/mol. The average molecular weight is 298 g/mol. The molecule has 0 amide bonds. The van der Waals surface area contributed by atoms with Gasteiger partial charge in [0.2, 0.25) is 0 Å². The van der Waals surface area contributed by atoms with E-state index in [2.05, 4.69) is 4.57 Å². The fourth-order valence-corrected chi connectivity index (χ4v) is 2.92. The van der Waals surface area contributed by atoms with Gasteiger partial charge in [0.15, 0.2) is 0 Å². The number of fused-ring (bicyclic) bond motifs is 1. The van der Waals surface area contributed by atoms with Crippen molar-refractivity contribution in [3.63, 3.8) is 0 Å². The van der Waals surface area contributed by atoms with Crippen molar-refractivity contribution in [1.82, 2.24) is 9.55 Å². The summed E-state index contributed by atoms with van der Waals surface area (Å²) in [7, 11) is 0. The second-order valence-corrected chi connectivity index (χ2v) is 5.96. The molecule has 1 aliphatic carbocycles. The van der Waals surface area contributed by atoms with E-state index in [1.807, 2.05) is 12.1 Å². The standard InChI is InChI=1S/C14H17Cl2N3/c15-10-7-12-13(8-11(10)16)19(6-2-5-17)14(18-12)9-3-1-4-9/h7-9H,1-6,17H2. The van der Waals surface area contributed by atoms with Gasteiger partial charge >= 0.3 is 0 Å². The van der Waals surface area contributed by atoms with Gasteiger partial charge in [-0.3, -0.25) is 0 Å². The van der Waals surface area contributed by atoms with Crippen molar-refractivity contribution in [2.75, 3.05) is 6.54 Å². The SMILES string of the molecule is NCCCn1c(C2CCC2)nc2cc(Cl)c(Cl)cc21. The molecule has 0 bridgehead atoms. The van der Waals surface area contributed by atoms with E-state index in [-0.39, 0.29) is 0 Å². The Balaban J connectivity index is 2.11. The number of hydrogen-bond acceptors (Lipinski definition) is 2. The zero-order chi connectivity index (χ0) is 13.4. The first-order chi connectivity index (χ1) is 9.20. The maximum absolute atomic E-state index is 6.13. The third-order valence-electron chi connectivity index (χ3n) is 3.88. The topological polar surface area (TPSA) is 43.8 Å². The molecule has 2 N–H and O–H groups in total. The number of nitrogens with two attached hydrogens (primary N) is 1. The van der Waals surface area contributed by atoms with Crippen LogP contribution in [0.5, 0.6) is 0 Å². The van der Waals surface area contributed by atoms with Crippen LogP contribution in [0, 0.1) is 0 Å². The fourth-order valence-electron chi connectivity index (χ4n) is 2.60. The number of aromatic nitrogens is 2. The third kappa shape index (κ3) is 2.35. The van der Waals surface area contributed by atoms with Crippen LogP contribution in [0.1, 0.15) is 37.4 Å². The molecule has 0 aliphatic heterocycles. The number of benzene rings is 1. The Labute approximate surface area is 122 Å². The maximum Gasteiger partial charge on any atom is 0.112 e. The van der Waals surface area contributed by atoms with Crippen LogP contribution in [0.25, 0.3) is 11.0 Å². The van der Waals surface area contributed by atoms with E-state index >= 15 is 0 Å². The van der Waals surface area contributed by atoms with E-state index in [4.69, 9.17) is 33.9 Å². The lowest BCUT2D eigenvalue weighted by Crippen LogP contribution is -2.16. The first-order valence-electron chi connectivity index (χ1n) is 6.76. The molecule has 1 aromatic carbocycles. The van der Waals surface area contributed by atoms with E-state index < -0.39 is 0 Å². The Morgan fingerprint density at radius 2 is 2.00 bits per heavy atom. The molecule has 0 spiro atoms. The quantitative estimate of drug-likeness (QED) is 0.928. The second-order valence-electron chi connectivity index (χ2n) is 5.15. The van der Waals surface area contributed by atoms with Crippen molar-refractivity contribution in [1.29, 1.82) is 0 Å². The highest BCUT2D eigenvalue weighted by atomic mass is 35.5. The molecule has 1 aromatic heterocycles. The van der Waals surface area contributed by atoms with Gasteiger partial charge in [0.25, 0.3) is 0 Å². The summed E-state index contributed by atoms with van der Waals surface area (Å²) in [5.74, 6) is 1.76. The van der Waals surface area contributed by atoms with Gasteiger partial charge in [0.05, 0.1) is 21.1 Å². The molecule has 0 radical (unpaired) electrons. The second kappa shape index (κ2) is 5.31. The number of hydrogen-bond donors (Lipinski definition) is 1. The molecule has 1 heterocycles. The van der Waals surface area contributed by atoms with Gasteiger partial charge in [0, 0.05) is 12.5 Å². The van der Waals surface area contributed by atoms with Crippen LogP contribution in [-0.4, -0.2) is 16.1 Å². The Morgan fingerprint density at radius 3 is 2.63 bits per heavy atom. The molecule has 1 aliphatic rings. The number of nitrogens with zero attached hydrogens (tertiary/aromatic N) is 2. The van der Waals surface area contributed by atoms with Crippen molar-refractivity contribution < 1.29 is 0 Å². The third-order valence-corrected chi connectivity index (χ3v) is 4.60. The van der Waals surface area contributed by atoms with Crippen molar-refractivity contribution in [2.24, 2.45) is 5.73 Å². The molecule has 0 saturated heterocycles. The van der Waals surface area contributed by atoms with Crippen molar-refractivity contribution in [2.45, 2.75) is 38.1 Å². The van der Waals surface area contributed by atoms with Gasteiger partial charge < -0.3 is 10.3 Å². The van der Waals surface area contributed by atoms with E-state index in [0.29, 0.717) is 22.5 Å². The summed E-state index contributed by atoms with van der Waals surface area (Å²) in [4.78, 5) is 4.77. The molecule has 0 atom stereocenters. The van der Waals surface area contributed by atoms with Gasteiger partial charge in [0.1, 0.15) is 5.82 Å². The summed E-state index contributed by atoms with van der Waals surface area (Å²) in [5, 5.41) is 1.15. The summed E-state index contributed by atoms with van der Waals surface area (Å²) >= 11 is 12.2. The molecule has 5 heteroatoms. The number of aryl methyl sites for hydroxylation is 1. The zero-order valence-electron chi connectivity index (χ0n) is 10.7. The Morgan fingerprint density at radius 1 is 1.26 bits per heavy atom. The summed E-state index contributed by atoms with van der Waals surface area (Å²) in [6, 6.07) is 3.78. The molecular formula is C14H17Cl2N3. The molecule has 0 unspecified atom stereocenters. The average Bonchev–Trinajstić information content (AvgIpc) is 2.63. The summed E-state index contributed by atoms with van der Waals surface area (Å²) in [6.07, 6.45) is 4.71. The van der Waals surface area contributed by atoms with Crippen molar-refractivity contribution in [3.05, 3.63) is 28.0 Å². The predicted molar refractivity (Wildman–Crippen MR) is 80.0 cm³/mol. The minimum Gasteiger partial charge on any atom is -0.330 e. The highest BCUT2D eigenvalue weighted by Crippen LogP contribution is 2.38. The molecule has 1 saturated carbocycles. The number of imidazole rings is 1. The van der Waals surface area contributed by atoms with Gasteiger partial charge in [-0.05, 0) is 37.9 Å². The first kappa shape index (κ1) is 13.2. The van der Waals surface area contributed by atoms with Crippen LogP contribution in [0.3, 0.4) is 0 Å². The monoisotopic (exact) mass is 297 g/mol. The fraction of sp³-hybridized carbons (Fsp3) is 0.500. The van der Waals surface area contributed by atoms with Crippen molar-refractivity contribution >= 4 is 34.2 Å². The summed E-state index contributed by atoms with van der Waals surface area (Å²) in [6.45, 7) is 1.59. The molecule has 1 fully saturated rings. The maximum atomic E-state index is 6.13. The Bertz CT molecular complexity index is 602. The lowest BCUT2D eigenvalue weighted by atomic mass is 9.85. The van der Waals surface area contributed by atoms with Crippen LogP contribution >= 0.6 is 23.2 Å². The van der Waals surface area contributed by atoms with Crippen LogP contribution in [0.2, 0.25) is 10.0 Å².